The zero-order valence-corrected chi connectivity index (χ0v) is 18.0. The maximum absolute atomic E-state index is 11.2. The third-order valence-corrected chi connectivity index (χ3v) is 6.00. The van der Waals surface area contributed by atoms with Gasteiger partial charge in [-0.05, 0) is 52.9 Å². The summed E-state index contributed by atoms with van der Waals surface area (Å²) in [5, 5.41) is 3.20. The average Bonchev–Trinajstić information content (AvgIpc) is 3.10. The molecule has 1 aromatic heterocycles. The molecule has 30 heavy (non-hydrogen) atoms. The van der Waals surface area contributed by atoms with E-state index in [0.29, 0.717) is 13.1 Å². The van der Waals surface area contributed by atoms with Crippen LogP contribution in [0.1, 0.15) is 11.4 Å². The van der Waals surface area contributed by atoms with Crippen molar-refractivity contribution in [2.24, 2.45) is 0 Å². The minimum atomic E-state index is -2.94. The van der Waals surface area contributed by atoms with Gasteiger partial charge in [-0.3, -0.25) is 0 Å². The zero-order valence-electron chi connectivity index (χ0n) is 17.1. The smallest absolute Gasteiger partial charge is 0.148 e. The van der Waals surface area contributed by atoms with Gasteiger partial charge in [0.25, 0.3) is 0 Å². The van der Waals surface area contributed by atoms with E-state index >= 15 is 0 Å². The van der Waals surface area contributed by atoms with Crippen LogP contribution in [0.4, 0.5) is 0 Å². The number of benzene rings is 3. The van der Waals surface area contributed by atoms with Crippen LogP contribution in [0.15, 0.2) is 66.7 Å². The molecule has 0 radical (unpaired) electrons. The van der Waals surface area contributed by atoms with E-state index in [1.807, 2.05) is 25.1 Å². The second kappa shape index (κ2) is 8.42. The summed E-state index contributed by atoms with van der Waals surface area (Å²) in [6.07, 6.45) is 1.26. The van der Waals surface area contributed by atoms with E-state index in [0.717, 1.165) is 44.7 Å². The molecule has 6 heteroatoms. The second-order valence-electron chi connectivity index (χ2n) is 7.64. The molecular formula is C24H25N3O2S. The Hall–Kier alpha value is -2.96. The summed E-state index contributed by atoms with van der Waals surface area (Å²) in [6, 6.07) is 23.1. The molecule has 4 rings (SSSR count). The van der Waals surface area contributed by atoms with Crippen molar-refractivity contribution in [3.05, 3.63) is 78.1 Å². The molecule has 0 aliphatic heterocycles. The Labute approximate surface area is 177 Å². The molecule has 0 bridgehead atoms. The average molecular weight is 420 g/mol. The summed E-state index contributed by atoms with van der Waals surface area (Å²) >= 11 is 0. The number of aromatic nitrogens is 2. The zero-order chi connectivity index (χ0) is 21.1. The lowest BCUT2D eigenvalue weighted by Gasteiger charge is -2.08. The molecule has 5 nitrogen and oxygen atoms in total. The number of hydrogen-bond acceptors (Lipinski definition) is 4. The second-order valence-corrected chi connectivity index (χ2v) is 9.90. The van der Waals surface area contributed by atoms with Crippen LogP contribution in [-0.4, -0.2) is 36.9 Å². The molecule has 0 saturated heterocycles. The van der Waals surface area contributed by atoms with Crippen LogP contribution in [0.3, 0.4) is 0 Å². The number of nitrogens with one attached hydrogen (secondary N) is 2. The van der Waals surface area contributed by atoms with E-state index in [1.54, 1.807) is 0 Å². The Morgan fingerprint density at radius 1 is 0.900 bits per heavy atom. The number of nitrogens with zero attached hydrogens (tertiary/aromatic N) is 1. The minimum Gasteiger partial charge on any atom is -0.342 e. The quantitative estimate of drug-likeness (QED) is 0.437. The number of imidazole rings is 1. The monoisotopic (exact) mass is 419 g/mol. The highest BCUT2D eigenvalue weighted by molar-refractivity contribution is 7.90. The molecular weight excluding hydrogens is 394 g/mol. The van der Waals surface area contributed by atoms with Gasteiger partial charge in [-0.15, -0.1) is 0 Å². The molecule has 0 aliphatic rings. The van der Waals surface area contributed by atoms with E-state index in [1.165, 1.54) is 6.26 Å². The van der Waals surface area contributed by atoms with Crippen LogP contribution in [0.5, 0.6) is 0 Å². The molecule has 0 fully saturated rings. The third kappa shape index (κ3) is 4.96. The van der Waals surface area contributed by atoms with E-state index in [2.05, 4.69) is 63.8 Å². The van der Waals surface area contributed by atoms with Gasteiger partial charge in [0.1, 0.15) is 15.7 Å². The van der Waals surface area contributed by atoms with E-state index in [9.17, 15) is 8.42 Å². The van der Waals surface area contributed by atoms with E-state index < -0.39 is 9.84 Å². The lowest BCUT2D eigenvalue weighted by molar-refractivity contribution is 0.596. The van der Waals surface area contributed by atoms with Crippen molar-refractivity contribution >= 4 is 20.9 Å². The molecule has 1 heterocycles. The fourth-order valence-corrected chi connectivity index (χ4v) is 4.04. The summed E-state index contributed by atoms with van der Waals surface area (Å²) < 4.78 is 22.5. The van der Waals surface area contributed by atoms with Crippen LogP contribution in [-0.2, 0) is 16.4 Å². The number of hydrogen-bond donors (Lipinski definition) is 2. The van der Waals surface area contributed by atoms with Crippen molar-refractivity contribution in [2.45, 2.75) is 13.5 Å². The number of H-pyrrole nitrogens is 1. The van der Waals surface area contributed by atoms with Crippen LogP contribution in [0.2, 0.25) is 0 Å². The highest BCUT2D eigenvalue weighted by atomic mass is 32.2. The highest BCUT2D eigenvalue weighted by Gasteiger charge is 2.05. The summed E-state index contributed by atoms with van der Waals surface area (Å²) in [7, 11) is -2.94. The maximum atomic E-state index is 11.2. The number of sulfone groups is 1. The van der Waals surface area contributed by atoms with Crippen LogP contribution < -0.4 is 5.32 Å². The molecule has 0 unspecified atom stereocenters. The number of aromatic amines is 1. The summed E-state index contributed by atoms with van der Waals surface area (Å²) in [4.78, 5) is 7.75. The van der Waals surface area contributed by atoms with Gasteiger partial charge in [0, 0.05) is 19.3 Å². The summed E-state index contributed by atoms with van der Waals surface area (Å²) in [5.74, 6) is 1.07. The molecule has 0 aliphatic carbocycles. The van der Waals surface area contributed by atoms with Gasteiger partial charge in [0.15, 0.2) is 0 Å². The van der Waals surface area contributed by atoms with E-state index in [-0.39, 0.29) is 5.75 Å². The summed E-state index contributed by atoms with van der Waals surface area (Å²) in [6.45, 7) is 3.06. The van der Waals surface area contributed by atoms with E-state index in [4.69, 9.17) is 0 Å². The van der Waals surface area contributed by atoms with Crippen molar-refractivity contribution in [3.8, 4) is 22.3 Å². The molecule has 0 amide bonds. The lowest BCUT2D eigenvalue weighted by Crippen LogP contribution is -2.21. The lowest BCUT2D eigenvalue weighted by atomic mass is 9.99. The molecule has 154 valence electrons. The molecule has 0 spiro atoms. The fraction of sp³-hybridized carbons (Fsp3) is 0.208. The first-order chi connectivity index (χ1) is 14.4. The fourth-order valence-electron chi connectivity index (χ4n) is 3.52. The largest absolute Gasteiger partial charge is 0.342 e. The first-order valence-corrected chi connectivity index (χ1v) is 12.0. The number of fused-ring (bicyclic) bond motifs is 1. The maximum Gasteiger partial charge on any atom is 0.148 e. The standard InChI is InChI=1S/C24H25N3O2S/c1-17-26-23-11-10-22(15-24(23)27-17)20-8-6-19(7-9-20)21-5-3-4-18(14-21)16-25-12-13-30(2,28)29/h3-11,14-15,25H,12-13,16H2,1-2H3,(H,26,27). The van der Waals surface area contributed by atoms with Gasteiger partial charge < -0.3 is 10.3 Å². The SMILES string of the molecule is Cc1nc2ccc(-c3ccc(-c4cccc(CNCCS(C)(=O)=O)c4)cc3)cc2[nH]1. The van der Waals surface area contributed by atoms with Gasteiger partial charge in [0.05, 0.1) is 16.8 Å². The van der Waals surface area contributed by atoms with Gasteiger partial charge >= 0.3 is 0 Å². The van der Waals surface area contributed by atoms with Crippen molar-refractivity contribution in [1.82, 2.24) is 15.3 Å². The van der Waals surface area contributed by atoms with Crippen molar-refractivity contribution in [1.29, 1.82) is 0 Å². The van der Waals surface area contributed by atoms with Gasteiger partial charge in [-0.2, -0.15) is 0 Å². The van der Waals surface area contributed by atoms with Gasteiger partial charge in [0.2, 0.25) is 0 Å². The Balaban J connectivity index is 1.48. The topological polar surface area (TPSA) is 74.8 Å². The molecule has 3 aromatic carbocycles. The Kier molecular flexibility index (Phi) is 5.70. The molecule has 0 atom stereocenters. The highest BCUT2D eigenvalue weighted by Crippen LogP contribution is 2.27. The van der Waals surface area contributed by atoms with Gasteiger partial charge in [-0.25, -0.2) is 13.4 Å². The van der Waals surface area contributed by atoms with Crippen LogP contribution >= 0.6 is 0 Å². The Bertz CT molecular complexity index is 1280. The first-order valence-electron chi connectivity index (χ1n) is 9.92. The van der Waals surface area contributed by atoms with Crippen molar-refractivity contribution < 1.29 is 8.42 Å². The Morgan fingerprint density at radius 3 is 2.27 bits per heavy atom. The molecule has 2 N–H and O–H groups in total. The molecule has 4 aromatic rings. The predicted molar refractivity (Wildman–Crippen MR) is 123 cm³/mol. The molecule has 0 saturated carbocycles. The Morgan fingerprint density at radius 2 is 1.57 bits per heavy atom. The summed E-state index contributed by atoms with van der Waals surface area (Å²) in [5.41, 5.74) is 7.76. The van der Waals surface area contributed by atoms with Crippen LogP contribution in [0, 0.1) is 6.92 Å². The predicted octanol–water partition coefficient (Wildman–Crippen LogP) is 4.34. The van der Waals surface area contributed by atoms with Crippen molar-refractivity contribution in [3.63, 3.8) is 0 Å². The normalized spacial score (nSPS) is 11.8. The van der Waals surface area contributed by atoms with Gasteiger partial charge in [-0.1, -0.05) is 48.5 Å². The van der Waals surface area contributed by atoms with Crippen LogP contribution in [0.25, 0.3) is 33.3 Å². The number of rotatable bonds is 7. The number of aryl methyl sites for hydroxylation is 1. The van der Waals surface area contributed by atoms with Crippen molar-refractivity contribution in [2.75, 3.05) is 18.6 Å². The first kappa shape index (κ1) is 20.3. The third-order valence-electron chi connectivity index (χ3n) is 5.06. The minimum absolute atomic E-state index is 0.151.